The zero-order valence-corrected chi connectivity index (χ0v) is 12.3. The van der Waals surface area contributed by atoms with Crippen molar-refractivity contribution in [2.75, 3.05) is 0 Å². The first-order valence-corrected chi connectivity index (χ1v) is 7.38. The van der Waals surface area contributed by atoms with Crippen molar-refractivity contribution in [1.82, 2.24) is 5.32 Å². The minimum absolute atomic E-state index is 0.00338. The third kappa shape index (κ3) is 2.99. The quantitative estimate of drug-likeness (QED) is 0.752. The van der Waals surface area contributed by atoms with Crippen molar-refractivity contribution in [3.8, 4) is 0 Å². The van der Waals surface area contributed by atoms with Gasteiger partial charge in [0.05, 0.1) is 10.9 Å². The number of nitrogens with one attached hydrogen (secondary N) is 1. The number of rotatable bonds is 3. The Morgan fingerprint density at radius 3 is 2.81 bits per heavy atom. The van der Waals surface area contributed by atoms with Crippen molar-refractivity contribution in [2.45, 2.75) is 6.54 Å². The molecule has 2 heterocycles. The molecule has 3 rings (SSSR count). The Hall–Kier alpha value is -2.11. The molecule has 0 spiro atoms. The second-order valence-corrected chi connectivity index (χ2v) is 6.17. The van der Waals surface area contributed by atoms with Crippen LogP contribution in [0.3, 0.4) is 0 Å². The number of carbonyl (C=O) groups is 1. The fourth-order valence-electron chi connectivity index (χ4n) is 1.93. The van der Waals surface area contributed by atoms with Gasteiger partial charge in [0.2, 0.25) is 0 Å². The SMILES string of the molecule is O=C(NCc1ccc(Cl)s1)c1cc2ccccc2oc1=O. The first-order valence-electron chi connectivity index (χ1n) is 6.19. The molecule has 0 atom stereocenters. The van der Waals surface area contributed by atoms with Gasteiger partial charge in [0, 0.05) is 10.3 Å². The van der Waals surface area contributed by atoms with Crippen LogP contribution in [0.15, 0.2) is 51.7 Å². The second-order valence-electron chi connectivity index (χ2n) is 4.37. The van der Waals surface area contributed by atoms with Gasteiger partial charge >= 0.3 is 5.63 Å². The fourth-order valence-corrected chi connectivity index (χ4v) is 2.96. The van der Waals surface area contributed by atoms with Gasteiger partial charge < -0.3 is 9.73 Å². The van der Waals surface area contributed by atoms with Gasteiger partial charge in [0.1, 0.15) is 11.1 Å². The average Bonchev–Trinajstić information content (AvgIpc) is 2.89. The van der Waals surface area contributed by atoms with E-state index in [0.717, 1.165) is 4.88 Å². The van der Waals surface area contributed by atoms with Crippen LogP contribution < -0.4 is 10.9 Å². The number of hydrogen-bond acceptors (Lipinski definition) is 4. The van der Waals surface area contributed by atoms with Crippen LogP contribution in [0.1, 0.15) is 15.2 Å². The summed E-state index contributed by atoms with van der Waals surface area (Å²) in [6.45, 7) is 0.322. The molecule has 4 nitrogen and oxygen atoms in total. The van der Waals surface area contributed by atoms with Gasteiger partial charge in [-0.1, -0.05) is 29.8 Å². The molecule has 0 fully saturated rings. The number of carbonyl (C=O) groups excluding carboxylic acids is 1. The number of amides is 1. The third-order valence-electron chi connectivity index (χ3n) is 2.94. The van der Waals surface area contributed by atoms with Gasteiger partial charge in [-0.05, 0) is 24.3 Å². The summed E-state index contributed by atoms with van der Waals surface area (Å²) in [6.07, 6.45) is 0. The maximum Gasteiger partial charge on any atom is 0.349 e. The Morgan fingerprint density at radius 1 is 1.24 bits per heavy atom. The molecule has 0 saturated carbocycles. The summed E-state index contributed by atoms with van der Waals surface area (Å²) in [5.74, 6) is -0.459. The first kappa shape index (κ1) is 13.9. The molecule has 3 aromatic rings. The minimum Gasteiger partial charge on any atom is -0.422 e. The summed E-state index contributed by atoms with van der Waals surface area (Å²) >= 11 is 7.20. The number of thiophene rings is 1. The number of halogens is 1. The van der Waals surface area contributed by atoms with Gasteiger partial charge in [-0.15, -0.1) is 11.3 Å². The molecule has 0 bridgehead atoms. The maximum atomic E-state index is 12.1. The van der Waals surface area contributed by atoms with E-state index in [1.54, 1.807) is 24.3 Å². The van der Waals surface area contributed by atoms with Crippen molar-refractivity contribution >= 4 is 39.8 Å². The molecule has 1 aromatic carbocycles. The van der Waals surface area contributed by atoms with E-state index in [0.29, 0.717) is 21.9 Å². The van der Waals surface area contributed by atoms with E-state index in [9.17, 15) is 9.59 Å². The van der Waals surface area contributed by atoms with Crippen molar-refractivity contribution < 1.29 is 9.21 Å². The number of benzene rings is 1. The van der Waals surface area contributed by atoms with E-state index in [-0.39, 0.29) is 5.56 Å². The fraction of sp³-hybridized carbons (Fsp3) is 0.0667. The smallest absolute Gasteiger partial charge is 0.349 e. The van der Waals surface area contributed by atoms with Crippen LogP contribution >= 0.6 is 22.9 Å². The molecular weight excluding hydrogens is 310 g/mol. The zero-order valence-electron chi connectivity index (χ0n) is 10.8. The lowest BCUT2D eigenvalue weighted by Crippen LogP contribution is -2.27. The highest BCUT2D eigenvalue weighted by atomic mass is 35.5. The van der Waals surface area contributed by atoms with E-state index < -0.39 is 11.5 Å². The molecular formula is C15H10ClNO3S. The van der Waals surface area contributed by atoms with Crippen LogP contribution in [0.4, 0.5) is 0 Å². The van der Waals surface area contributed by atoms with Crippen molar-refractivity contribution in [3.63, 3.8) is 0 Å². The molecule has 1 amide bonds. The van der Waals surface area contributed by atoms with E-state index in [4.69, 9.17) is 16.0 Å². The number of fused-ring (bicyclic) bond motifs is 1. The normalized spacial score (nSPS) is 10.7. The standard InChI is InChI=1S/C15H10ClNO3S/c16-13-6-5-10(21-13)8-17-14(18)11-7-9-3-1-2-4-12(9)20-15(11)19/h1-7H,8H2,(H,17,18). The third-order valence-corrected chi connectivity index (χ3v) is 4.17. The van der Waals surface area contributed by atoms with E-state index >= 15 is 0 Å². The Bertz CT molecular complexity index is 868. The van der Waals surface area contributed by atoms with Gasteiger partial charge in [0.15, 0.2) is 0 Å². The lowest BCUT2D eigenvalue weighted by molar-refractivity contribution is 0.0948. The molecule has 6 heteroatoms. The molecule has 1 N–H and O–H groups in total. The van der Waals surface area contributed by atoms with Crippen LogP contribution in [0.5, 0.6) is 0 Å². The molecule has 0 aliphatic heterocycles. The van der Waals surface area contributed by atoms with Crippen molar-refractivity contribution in [1.29, 1.82) is 0 Å². The van der Waals surface area contributed by atoms with Crippen LogP contribution in [0.25, 0.3) is 11.0 Å². The van der Waals surface area contributed by atoms with Gasteiger partial charge in [-0.3, -0.25) is 4.79 Å². The minimum atomic E-state index is -0.643. The molecule has 106 valence electrons. The van der Waals surface area contributed by atoms with Crippen LogP contribution in [0, 0.1) is 0 Å². The van der Waals surface area contributed by atoms with E-state index in [1.807, 2.05) is 12.1 Å². The molecule has 0 aliphatic carbocycles. The topological polar surface area (TPSA) is 59.3 Å². The average molecular weight is 320 g/mol. The summed E-state index contributed by atoms with van der Waals surface area (Å²) in [5.41, 5.74) is -0.184. The molecule has 0 radical (unpaired) electrons. The Labute approximate surface area is 129 Å². The molecule has 0 aliphatic rings. The first-order chi connectivity index (χ1) is 10.1. The summed E-state index contributed by atoms with van der Waals surface area (Å²) in [7, 11) is 0. The van der Waals surface area contributed by atoms with Gasteiger partial charge in [-0.2, -0.15) is 0 Å². The molecule has 0 saturated heterocycles. The summed E-state index contributed by atoms with van der Waals surface area (Å²) in [4.78, 5) is 24.8. The Balaban J connectivity index is 1.84. The molecule has 0 unspecified atom stereocenters. The molecule has 21 heavy (non-hydrogen) atoms. The summed E-state index contributed by atoms with van der Waals surface area (Å²) < 4.78 is 5.79. The van der Waals surface area contributed by atoms with Gasteiger partial charge in [-0.25, -0.2) is 4.79 Å². The summed E-state index contributed by atoms with van der Waals surface area (Å²) in [6, 6.07) is 12.2. The monoisotopic (exact) mass is 319 g/mol. The summed E-state index contributed by atoms with van der Waals surface area (Å²) in [5, 5.41) is 3.40. The predicted molar refractivity (Wildman–Crippen MR) is 83.0 cm³/mol. The highest BCUT2D eigenvalue weighted by Gasteiger charge is 2.13. The maximum absolute atomic E-state index is 12.1. The highest BCUT2D eigenvalue weighted by molar-refractivity contribution is 7.16. The largest absolute Gasteiger partial charge is 0.422 e. The van der Waals surface area contributed by atoms with Crippen LogP contribution in [0.2, 0.25) is 4.34 Å². The second kappa shape index (κ2) is 5.71. The number of hydrogen-bond donors (Lipinski definition) is 1. The highest BCUT2D eigenvalue weighted by Crippen LogP contribution is 2.21. The lowest BCUT2D eigenvalue weighted by atomic mass is 10.2. The van der Waals surface area contributed by atoms with E-state index in [1.165, 1.54) is 17.4 Å². The zero-order chi connectivity index (χ0) is 14.8. The Kier molecular flexibility index (Phi) is 3.77. The molecule has 2 aromatic heterocycles. The number of para-hydroxylation sites is 1. The van der Waals surface area contributed by atoms with Gasteiger partial charge in [0.25, 0.3) is 5.91 Å². The van der Waals surface area contributed by atoms with E-state index in [2.05, 4.69) is 5.32 Å². The Morgan fingerprint density at radius 2 is 2.05 bits per heavy atom. The van der Waals surface area contributed by atoms with Crippen molar-refractivity contribution in [3.05, 3.63) is 67.7 Å². The van der Waals surface area contributed by atoms with Crippen molar-refractivity contribution in [2.24, 2.45) is 0 Å². The lowest BCUT2D eigenvalue weighted by Gasteiger charge is -2.03. The van der Waals surface area contributed by atoms with Crippen LogP contribution in [-0.4, -0.2) is 5.91 Å². The predicted octanol–water partition coefficient (Wildman–Crippen LogP) is 3.44. The van der Waals surface area contributed by atoms with Crippen LogP contribution in [-0.2, 0) is 6.54 Å².